The molecule has 0 bridgehead atoms. The normalized spacial score (nSPS) is 10.7. The molecule has 0 fully saturated rings. The molecule has 0 saturated carbocycles. The maximum absolute atomic E-state index is 13.2. The number of pyridine rings is 1. The van der Waals surface area contributed by atoms with Crippen LogP contribution in [0.1, 0.15) is 21.5 Å². The number of methoxy groups -OCH3 is 1. The van der Waals surface area contributed by atoms with E-state index < -0.39 is 17.3 Å². The molecule has 11 nitrogen and oxygen atoms in total. The Balaban J connectivity index is 1.60. The molecule has 2 amide bonds. The lowest BCUT2D eigenvalue weighted by Gasteiger charge is -2.12. The molecule has 2 heterocycles. The van der Waals surface area contributed by atoms with Crippen molar-refractivity contribution in [1.29, 1.82) is 0 Å². The molecule has 36 heavy (non-hydrogen) atoms. The lowest BCUT2D eigenvalue weighted by molar-refractivity contribution is 0.0951. The second kappa shape index (κ2) is 10.1. The summed E-state index contributed by atoms with van der Waals surface area (Å²) in [5, 5.41) is 13.9. The Labute approximate surface area is 204 Å². The van der Waals surface area contributed by atoms with Crippen LogP contribution in [0.5, 0.6) is 5.75 Å². The molecule has 0 spiro atoms. The standard InChI is InChI=1S/C25H23N5O6/c1-29-20-9-6-17(22(31)27-12-15-3-7-18(36-2)8-4-15)11-19(20)23(32)30(25(29)35)14-16-5-10-21(26-13-16)28-24(33)34/h3-11,13H,12,14H2,1-2H3,(H,26,28)(H,27,31)(H,33,34). The van der Waals surface area contributed by atoms with E-state index in [2.05, 4.69) is 15.6 Å². The highest BCUT2D eigenvalue weighted by Crippen LogP contribution is 2.14. The number of fused-ring (bicyclic) bond motifs is 1. The number of hydrogen-bond acceptors (Lipinski definition) is 6. The van der Waals surface area contributed by atoms with Crippen LogP contribution in [0.3, 0.4) is 0 Å². The number of nitrogens with zero attached hydrogens (tertiary/aromatic N) is 3. The first kappa shape index (κ1) is 24.2. The minimum Gasteiger partial charge on any atom is -0.497 e. The van der Waals surface area contributed by atoms with Gasteiger partial charge in [-0.1, -0.05) is 18.2 Å². The summed E-state index contributed by atoms with van der Waals surface area (Å²) in [6.45, 7) is 0.216. The van der Waals surface area contributed by atoms with E-state index in [0.717, 1.165) is 10.1 Å². The molecule has 0 aliphatic carbocycles. The Kier molecular flexibility index (Phi) is 6.81. The minimum atomic E-state index is -1.25. The molecular formula is C25H23N5O6. The molecule has 3 N–H and O–H groups in total. The van der Waals surface area contributed by atoms with E-state index in [9.17, 15) is 19.2 Å². The number of amides is 2. The van der Waals surface area contributed by atoms with Crippen LogP contribution in [0.25, 0.3) is 10.9 Å². The Bertz CT molecular complexity index is 1560. The van der Waals surface area contributed by atoms with E-state index in [1.165, 1.54) is 22.9 Å². The van der Waals surface area contributed by atoms with Gasteiger partial charge in [0.15, 0.2) is 0 Å². The summed E-state index contributed by atoms with van der Waals surface area (Å²) < 4.78 is 7.51. The van der Waals surface area contributed by atoms with Crippen molar-refractivity contribution in [3.8, 4) is 5.75 Å². The van der Waals surface area contributed by atoms with E-state index >= 15 is 0 Å². The summed E-state index contributed by atoms with van der Waals surface area (Å²) in [5.74, 6) is 0.471. The molecule has 0 saturated heterocycles. The zero-order valence-corrected chi connectivity index (χ0v) is 19.5. The summed E-state index contributed by atoms with van der Waals surface area (Å²) in [6.07, 6.45) is 0.128. The highest BCUT2D eigenvalue weighted by molar-refractivity contribution is 5.97. The second-order valence-electron chi connectivity index (χ2n) is 7.98. The van der Waals surface area contributed by atoms with E-state index in [4.69, 9.17) is 9.84 Å². The molecule has 4 aromatic rings. The van der Waals surface area contributed by atoms with Gasteiger partial charge in [0.1, 0.15) is 11.6 Å². The summed E-state index contributed by atoms with van der Waals surface area (Å²) in [4.78, 5) is 53.6. The molecule has 184 valence electrons. The van der Waals surface area contributed by atoms with Crippen molar-refractivity contribution < 1.29 is 19.4 Å². The van der Waals surface area contributed by atoms with Gasteiger partial charge in [-0.3, -0.25) is 24.0 Å². The molecular weight excluding hydrogens is 466 g/mol. The minimum absolute atomic E-state index is 0.0737. The van der Waals surface area contributed by atoms with Gasteiger partial charge in [-0.25, -0.2) is 14.6 Å². The maximum Gasteiger partial charge on any atom is 0.410 e. The lowest BCUT2D eigenvalue weighted by Crippen LogP contribution is -2.39. The number of carboxylic acid groups (broad SMARTS) is 1. The van der Waals surface area contributed by atoms with Crippen LogP contribution in [0, 0.1) is 0 Å². The average Bonchev–Trinajstić information content (AvgIpc) is 2.89. The first-order chi connectivity index (χ1) is 17.3. The van der Waals surface area contributed by atoms with Crippen LogP contribution in [0.4, 0.5) is 10.6 Å². The fourth-order valence-electron chi connectivity index (χ4n) is 3.71. The number of aryl methyl sites for hydroxylation is 1. The molecule has 2 aromatic carbocycles. The van der Waals surface area contributed by atoms with Crippen LogP contribution < -0.4 is 26.6 Å². The topological polar surface area (TPSA) is 145 Å². The van der Waals surface area contributed by atoms with Crippen LogP contribution in [0.2, 0.25) is 0 Å². The predicted octanol–water partition coefficient (Wildman–Crippen LogP) is 2.17. The Morgan fingerprint density at radius 3 is 2.39 bits per heavy atom. The third-order valence-electron chi connectivity index (χ3n) is 5.63. The van der Waals surface area contributed by atoms with Crippen molar-refractivity contribution in [2.75, 3.05) is 12.4 Å². The molecule has 0 unspecified atom stereocenters. The number of anilines is 1. The van der Waals surface area contributed by atoms with E-state index in [1.54, 1.807) is 44.5 Å². The first-order valence-electron chi connectivity index (χ1n) is 10.9. The number of carbonyl (C=O) groups excluding carboxylic acids is 1. The van der Waals surface area contributed by atoms with Gasteiger partial charge in [0.05, 0.1) is 24.6 Å². The molecule has 4 rings (SSSR count). The average molecular weight is 489 g/mol. The van der Waals surface area contributed by atoms with Gasteiger partial charge < -0.3 is 15.2 Å². The van der Waals surface area contributed by atoms with Crippen molar-refractivity contribution in [2.24, 2.45) is 7.05 Å². The summed E-state index contributed by atoms with van der Waals surface area (Å²) in [5.41, 5.74) is 1.00. The predicted molar refractivity (Wildman–Crippen MR) is 133 cm³/mol. The molecule has 11 heteroatoms. The van der Waals surface area contributed by atoms with Crippen LogP contribution in [-0.2, 0) is 20.1 Å². The summed E-state index contributed by atoms with van der Waals surface area (Å²) in [7, 11) is 3.12. The van der Waals surface area contributed by atoms with Crippen molar-refractivity contribution in [3.05, 3.63) is 98.3 Å². The summed E-state index contributed by atoms with van der Waals surface area (Å²) >= 11 is 0. The molecule has 2 aromatic heterocycles. The third kappa shape index (κ3) is 5.09. The third-order valence-corrected chi connectivity index (χ3v) is 5.63. The van der Waals surface area contributed by atoms with Crippen molar-refractivity contribution in [1.82, 2.24) is 19.4 Å². The smallest absolute Gasteiger partial charge is 0.410 e. The van der Waals surface area contributed by atoms with E-state index in [-0.39, 0.29) is 35.8 Å². The molecule has 0 aliphatic rings. The summed E-state index contributed by atoms with van der Waals surface area (Å²) in [6, 6.07) is 14.9. The van der Waals surface area contributed by atoms with Crippen molar-refractivity contribution in [2.45, 2.75) is 13.1 Å². The Hall–Kier alpha value is -4.93. The molecule has 0 aliphatic heterocycles. The van der Waals surface area contributed by atoms with Gasteiger partial charge in [0.25, 0.3) is 11.5 Å². The molecule has 0 radical (unpaired) electrons. The number of ether oxygens (including phenoxy) is 1. The Morgan fingerprint density at radius 2 is 1.75 bits per heavy atom. The highest BCUT2D eigenvalue weighted by atomic mass is 16.5. The zero-order valence-electron chi connectivity index (χ0n) is 19.5. The van der Waals surface area contributed by atoms with Crippen molar-refractivity contribution >= 4 is 28.7 Å². The van der Waals surface area contributed by atoms with Gasteiger partial charge in [0, 0.05) is 25.4 Å². The highest BCUT2D eigenvalue weighted by Gasteiger charge is 2.15. The maximum atomic E-state index is 13.2. The van der Waals surface area contributed by atoms with Crippen molar-refractivity contribution in [3.63, 3.8) is 0 Å². The lowest BCUT2D eigenvalue weighted by atomic mass is 10.1. The number of rotatable bonds is 7. The van der Waals surface area contributed by atoms with Gasteiger partial charge in [-0.15, -0.1) is 0 Å². The SMILES string of the molecule is COc1ccc(CNC(=O)c2ccc3c(c2)c(=O)n(Cc2ccc(NC(=O)O)nc2)c(=O)n3C)cc1. The number of carbonyl (C=O) groups is 2. The number of aromatic nitrogens is 3. The van der Waals surface area contributed by atoms with Crippen LogP contribution in [-0.4, -0.2) is 38.3 Å². The van der Waals surface area contributed by atoms with Crippen LogP contribution >= 0.6 is 0 Å². The number of nitrogens with one attached hydrogen (secondary N) is 2. The zero-order chi connectivity index (χ0) is 25.8. The quantitative estimate of drug-likeness (QED) is 0.361. The fourth-order valence-corrected chi connectivity index (χ4v) is 3.71. The van der Waals surface area contributed by atoms with Gasteiger partial charge in [0.2, 0.25) is 0 Å². The number of benzene rings is 2. The van der Waals surface area contributed by atoms with Gasteiger partial charge in [-0.05, 0) is 47.5 Å². The van der Waals surface area contributed by atoms with E-state index in [0.29, 0.717) is 16.8 Å². The second-order valence-corrected chi connectivity index (χ2v) is 7.98. The van der Waals surface area contributed by atoms with Crippen LogP contribution in [0.15, 0.2) is 70.4 Å². The fraction of sp³-hybridized carbons (Fsp3) is 0.160. The monoisotopic (exact) mass is 489 g/mol. The van der Waals surface area contributed by atoms with Gasteiger partial charge in [-0.2, -0.15) is 0 Å². The molecule has 0 atom stereocenters. The Morgan fingerprint density at radius 1 is 1.03 bits per heavy atom. The first-order valence-corrected chi connectivity index (χ1v) is 10.9. The largest absolute Gasteiger partial charge is 0.497 e. The van der Waals surface area contributed by atoms with E-state index in [1.807, 2.05) is 12.1 Å². The van der Waals surface area contributed by atoms with Gasteiger partial charge >= 0.3 is 11.8 Å². The number of hydrogen-bond donors (Lipinski definition) is 3.